The molecule has 1 atom stereocenters. The summed E-state index contributed by atoms with van der Waals surface area (Å²) in [7, 11) is 0. The molecule has 0 spiro atoms. The molecule has 0 aromatic carbocycles. The summed E-state index contributed by atoms with van der Waals surface area (Å²) in [6, 6.07) is 0. The third kappa shape index (κ3) is 4.09. The summed E-state index contributed by atoms with van der Waals surface area (Å²) in [6.07, 6.45) is 2.28. The Bertz CT molecular complexity index is 45.8. The molecule has 0 bridgehead atoms. The van der Waals surface area contributed by atoms with E-state index in [4.69, 9.17) is 11.5 Å². The SMILES string of the molecule is C[C@H](CN)CCCN. The predicted molar refractivity (Wildman–Crippen MR) is 36.5 cm³/mol. The second-order valence-corrected chi connectivity index (χ2v) is 2.27. The van der Waals surface area contributed by atoms with Crippen LogP contribution in [0.1, 0.15) is 19.8 Å². The lowest BCUT2D eigenvalue weighted by Crippen LogP contribution is -2.12. The van der Waals surface area contributed by atoms with Gasteiger partial charge in [0.05, 0.1) is 0 Å². The van der Waals surface area contributed by atoms with Gasteiger partial charge in [0.25, 0.3) is 0 Å². The molecule has 4 N–H and O–H groups in total. The van der Waals surface area contributed by atoms with Crippen LogP contribution in [0.15, 0.2) is 0 Å². The average Bonchev–Trinajstić information content (AvgIpc) is 1.83. The van der Waals surface area contributed by atoms with Gasteiger partial charge >= 0.3 is 0 Å². The van der Waals surface area contributed by atoms with E-state index in [1.807, 2.05) is 0 Å². The Kier molecular flexibility index (Phi) is 5.01. The Morgan fingerprint density at radius 3 is 2.38 bits per heavy atom. The van der Waals surface area contributed by atoms with Gasteiger partial charge in [-0.25, -0.2) is 0 Å². The lowest BCUT2D eigenvalue weighted by Gasteiger charge is -2.04. The van der Waals surface area contributed by atoms with Crippen molar-refractivity contribution >= 4 is 0 Å². The zero-order valence-electron chi connectivity index (χ0n) is 5.56. The van der Waals surface area contributed by atoms with Gasteiger partial charge in [0.1, 0.15) is 0 Å². The number of rotatable bonds is 4. The minimum atomic E-state index is 0.651. The van der Waals surface area contributed by atoms with Crippen LogP contribution in [0.5, 0.6) is 0 Å². The van der Waals surface area contributed by atoms with E-state index in [9.17, 15) is 0 Å². The van der Waals surface area contributed by atoms with E-state index in [1.165, 1.54) is 6.42 Å². The summed E-state index contributed by atoms with van der Waals surface area (Å²) in [5.74, 6) is 0.651. The van der Waals surface area contributed by atoms with Gasteiger partial charge in [-0.2, -0.15) is 0 Å². The molecule has 0 aliphatic carbocycles. The molecule has 0 heterocycles. The first kappa shape index (κ1) is 7.92. The number of hydrogen-bond acceptors (Lipinski definition) is 2. The van der Waals surface area contributed by atoms with Gasteiger partial charge in [-0.3, -0.25) is 0 Å². The maximum absolute atomic E-state index is 5.37. The smallest absolute Gasteiger partial charge is 0.00515 e. The Hall–Kier alpha value is -0.0800. The standard InChI is InChI=1S/C6H16N2/c1-6(5-8)3-2-4-7/h6H,2-5,7-8H2,1H3/t6-/m0/s1. The molecule has 0 radical (unpaired) electrons. The first-order valence-electron chi connectivity index (χ1n) is 3.21. The maximum atomic E-state index is 5.37. The molecule has 0 fully saturated rings. The van der Waals surface area contributed by atoms with E-state index in [0.717, 1.165) is 19.5 Å². The largest absolute Gasteiger partial charge is 0.330 e. The van der Waals surface area contributed by atoms with Gasteiger partial charge in [-0.1, -0.05) is 6.92 Å². The molecule has 0 saturated carbocycles. The van der Waals surface area contributed by atoms with Gasteiger partial charge in [0.15, 0.2) is 0 Å². The van der Waals surface area contributed by atoms with Crippen molar-refractivity contribution in [1.82, 2.24) is 0 Å². The monoisotopic (exact) mass is 116 g/mol. The van der Waals surface area contributed by atoms with Crippen molar-refractivity contribution in [3.63, 3.8) is 0 Å². The Morgan fingerprint density at radius 1 is 1.38 bits per heavy atom. The van der Waals surface area contributed by atoms with E-state index in [0.29, 0.717) is 5.92 Å². The molecular formula is C6H16N2. The van der Waals surface area contributed by atoms with Crippen molar-refractivity contribution in [1.29, 1.82) is 0 Å². The van der Waals surface area contributed by atoms with Crippen molar-refractivity contribution in [3.05, 3.63) is 0 Å². The van der Waals surface area contributed by atoms with Crippen LogP contribution in [-0.4, -0.2) is 13.1 Å². The number of nitrogens with two attached hydrogens (primary N) is 2. The highest BCUT2D eigenvalue weighted by molar-refractivity contribution is 4.52. The van der Waals surface area contributed by atoms with Crippen LogP contribution in [0.4, 0.5) is 0 Å². The first-order valence-corrected chi connectivity index (χ1v) is 3.21. The summed E-state index contributed by atoms with van der Waals surface area (Å²) in [6.45, 7) is 3.74. The molecule has 2 nitrogen and oxygen atoms in total. The van der Waals surface area contributed by atoms with Crippen molar-refractivity contribution in [2.75, 3.05) is 13.1 Å². The minimum Gasteiger partial charge on any atom is -0.330 e. The molecule has 50 valence electrons. The summed E-state index contributed by atoms with van der Waals surface area (Å²) in [5.41, 5.74) is 10.7. The van der Waals surface area contributed by atoms with Crippen LogP contribution in [0.2, 0.25) is 0 Å². The van der Waals surface area contributed by atoms with Crippen LogP contribution in [0.3, 0.4) is 0 Å². The normalized spacial score (nSPS) is 13.9. The molecular weight excluding hydrogens is 100 g/mol. The molecule has 0 aliphatic heterocycles. The second kappa shape index (κ2) is 5.06. The minimum absolute atomic E-state index is 0.651. The summed E-state index contributed by atoms with van der Waals surface area (Å²) in [4.78, 5) is 0. The molecule has 0 aromatic heterocycles. The highest BCUT2D eigenvalue weighted by Gasteiger charge is 1.95. The fraction of sp³-hybridized carbons (Fsp3) is 1.00. The van der Waals surface area contributed by atoms with E-state index >= 15 is 0 Å². The zero-order chi connectivity index (χ0) is 6.41. The molecule has 0 rings (SSSR count). The van der Waals surface area contributed by atoms with Gasteiger partial charge in [0, 0.05) is 0 Å². The van der Waals surface area contributed by atoms with Crippen LogP contribution in [0.25, 0.3) is 0 Å². The highest BCUT2D eigenvalue weighted by atomic mass is 14.5. The maximum Gasteiger partial charge on any atom is -0.00515 e. The fourth-order valence-electron chi connectivity index (χ4n) is 0.584. The Labute approximate surface area is 51.2 Å². The molecule has 0 aliphatic rings. The van der Waals surface area contributed by atoms with E-state index in [2.05, 4.69) is 6.92 Å². The first-order chi connectivity index (χ1) is 3.81. The van der Waals surface area contributed by atoms with Gasteiger partial charge < -0.3 is 11.5 Å². The van der Waals surface area contributed by atoms with E-state index < -0.39 is 0 Å². The van der Waals surface area contributed by atoms with Crippen molar-refractivity contribution in [3.8, 4) is 0 Å². The van der Waals surface area contributed by atoms with Crippen molar-refractivity contribution in [2.45, 2.75) is 19.8 Å². The van der Waals surface area contributed by atoms with Gasteiger partial charge in [0.2, 0.25) is 0 Å². The Balaban J connectivity index is 2.86. The van der Waals surface area contributed by atoms with E-state index in [-0.39, 0.29) is 0 Å². The molecule has 2 heteroatoms. The predicted octanol–water partition coefficient (Wildman–Crippen LogP) is 0.320. The summed E-state index contributed by atoms with van der Waals surface area (Å²) < 4.78 is 0. The molecule has 0 unspecified atom stereocenters. The topological polar surface area (TPSA) is 52.0 Å². The zero-order valence-corrected chi connectivity index (χ0v) is 5.56. The second-order valence-electron chi connectivity index (χ2n) is 2.27. The Morgan fingerprint density at radius 2 is 2.00 bits per heavy atom. The fourth-order valence-corrected chi connectivity index (χ4v) is 0.584. The van der Waals surface area contributed by atoms with Crippen molar-refractivity contribution < 1.29 is 0 Å². The van der Waals surface area contributed by atoms with Crippen LogP contribution in [-0.2, 0) is 0 Å². The number of hydrogen-bond donors (Lipinski definition) is 2. The van der Waals surface area contributed by atoms with Crippen LogP contribution in [0, 0.1) is 5.92 Å². The summed E-state index contributed by atoms with van der Waals surface area (Å²) >= 11 is 0. The molecule has 0 amide bonds. The average molecular weight is 116 g/mol. The summed E-state index contributed by atoms with van der Waals surface area (Å²) in [5, 5.41) is 0. The third-order valence-corrected chi connectivity index (χ3v) is 1.30. The van der Waals surface area contributed by atoms with E-state index in [1.54, 1.807) is 0 Å². The molecule has 0 aromatic rings. The van der Waals surface area contributed by atoms with Crippen LogP contribution >= 0.6 is 0 Å². The van der Waals surface area contributed by atoms with Gasteiger partial charge in [-0.05, 0) is 31.8 Å². The lowest BCUT2D eigenvalue weighted by atomic mass is 10.1. The highest BCUT2D eigenvalue weighted by Crippen LogP contribution is 2.00. The van der Waals surface area contributed by atoms with Crippen molar-refractivity contribution in [2.24, 2.45) is 17.4 Å². The molecule has 8 heavy (non-hydrogen) atoms. The molecule has 0 saturated heterocycles. The lowest BCUT2D eigenvalue weighted by molar-refractivity contribution is 0.525. The third-order valence-electron chi connectivity index (χ3n) is 1.30. The quantitative estimate of drug-likeness (QED) is 0.555. The van der Waals surface area contributed by atoms with Crippen LogP contribution < -0.4 is 11.5 Å². The van der Waals surface area contributed by atoms with Gasteiger partial charge in [-0.15, -0.1) is 0 Å².